The standard InChI is InChI=1S/C11H15FN2O2S/c1-8-2-3-10(12)4-11(8)17(15,16)14-6-9(5-13)7-14/h2-4,9H,5-7,13H2,1H3. The number of nitrogens with zero attached hydrogens (tertiary/aromatic N) is 1. The van der Waals surface area contributed by atoms with Gasteiger partial charge in [0.1, 0.15) is 5.82 Å². The van der Waals surface area contributed by atoms with E-state index in [1.807, 2.05) is 0 Å². The molecule has 0 aliphatic carbocycles. The van der Waals surface area contributed by atoms with E-state index in [1.54, 1.807) is 6.92 Å². The normalized spacial score (nSPS) is 18.1. The predicted molar refractivity (Wildman–Crippen MR) is 62.4 cm³/mol. The van der Waals surface area contributed by atoms with Crippen LogP contribution in [0.4, 0.5) is 4.39 Å². The van der Waals surface area contributed by atoms with Crippen LogP contribution in [0.15, 0.2) is 23.1 Å². The second-order valence-electron chi connectivity index (χ2n) is 4.33. The Morgan fingerprint density at radius 2 is 2.12 bits per heavy atom. The number of sulfonamides is 1. The first kappa shape index (κ1) is 12.5. The molecule has 1 saturated heterocycles. The molecule has 0 amide bonds. The summed E-state index contributed by atoms with van der Waals surface area (Å²) in [7, 11) is -3.56. The predicted octanol–water partition coefficient (Wildman–Crippen LogP) is 0.713. The molecule has 4 nitrogen and oxygen atoms in total. The fourth-order valence-corrected chi connectivity index (χ4v) is 3.69. The molecular weight excluding hydrogens is 243 g/mol. The third kappa shape index (κ3) is 2.20. The van der Waals surface area contributed by atoms with Crippen molar-refractivity contribution < 1.29 is 12.8 Å². The van der Waals surface area contributed by atoms with Crippen LogP contribution in [0.3, 0.4) is 0 Å². The Morgan fingerprint density at radius 3 is 2.71 bits per heavy atom. The molecule has 1 heterocycles. The first-order chi connectivity index (χ1) is 7.95. The van der Waals surface area contributed by atoms with E-state index < -0.39 is 15.8 Å². The second kappa shape index (κ2) is 4.36. The van der Waals surface area contributed by atoms with Crippen molar-refractivity contribution in [1.82, 2.24) is 4.31 Å². The van der Waals surface area contributed by atoms with E-state index in [4.69, 9.17) is 5.73 Å². The molecule has 1 fully saturated rings. The fraction of sp³-hybridized carbons (Fsp3) is 0.455. The van der Waals surface area contributed by atoms with Crippen LogP contribution in [-0.4, -0.2) is 32.4 Å². The van der Waals surface area contributed by atoms with Crippen LogP contribution in [0.1, 0.15) is 5.56 Å². The van der Waals surface area contributed by atoms with Gasteiger partial charge in [-0.3, -0.25) is 0 Å². The zero-order valence-electron chi connectivity index (χ0n) is 9.56. The van der Waals surface area contributed by atoms with Gasteiger partial charge in [-0.1, -0.05) is 6.07 Å². The van der Waals surface area contributed by atoms with Crippen LogP contribution in [0, 0.1) is 18.7 Å². The van der Waals surface area contributed by atoms with Crippen LogP contribution in [0.2, 0.25) is 0 Å². The molecule has 2 rings (SSSR count). The van der Waals surface area contributed by atoms with Crippen molar-refractivity contribution in [3.05, 3.63) is 29.6 Å². The van der Waals surface area contributed by atoms with Gasteiger partial charge in [-0.2, -0.15) is 4.31 Å². The number of nitrogens with two attached hydrogens (primary N) is 1. The van der Waals surface area contributed by atoms with Crippen molar-refractivity contribution in [2.75, 3.05) is 19.6 Å². The average molecular weight is 258 g/mol. The molecule has 1 aromatic rings. The smallest absolute Gasteiger partial charge is 0.243 e. The summed E-state index contributed by atoms with van der Waals surface area (Å²) in [5.74, 6) is -0.316. The minimum atomic E-state index is -3.56. The number of aryl methyl sites for hydroxylation is 1. The van der Waals surface area contributed by atoms with Gasteiger partial charge < -0.3 is 5.73 Å². The molecule has 2 N–H and O–H groups in total. The van der Waals surface area contributed by atoms with Crippen molar-refractivity contribution in [2.24, 2.45) is 11.7 Å². The Labute approximate surface area is 100 Å². The Morgan fingerprint density at radius 1 is 1.47 bits per heavy atom. The number of halogens is 1. The van der Waals surface area contributed by atoms with E-state index in [0.717, 1.165) is 6.07 Å². The van der Waals surface area contributed by atoms with E-state index in [2.05, 4.69) is 0 Å². The van der Waals surface area contributed by atoms with Gasteiger partial charge in [-0.25, -0.2) is 12.8 Å². The maximum absolute atomic E-state index is 13.1. The van der Waals surface area contributed by atoms with Crippen molar-refractivity contribution in [2.45, 2.75) is 11.8 Å². The lowest BCUT2D eigenvalue weighted by Gasteiger charge is -2.37. The van der Waals surface area contributed by atoms with E-state index in [-0.39, 0.29) is 10.8 Å². The summed E-state index contributed by atoms with van der Waals surface area (Å²) in [4.78, 5) is 0.0490. The SMILES string of the molecule is Cc1ccc(F)cc1S(=O)(=O)N1CC(CN)C1. The topological polar surface area (TPSA) is 63.4 Å². The van der Waals surface area contributed by atoms with Gasteiger partial charge >= 0.3 is 0 Å². The quantitative estimate of drug-likeness (QED) is 0.868. The maximum Gasteiger partial charge on any atom is 0.243 e. The molecule has 0 aromatic heterocycles. The molecule has 0 spiro atoms. The third-order valence-electron chi connectivity index (χ3n) is 3.03. The molecule has 1 aliphatic heterocycles. The molecule has 94 valence electrons. The lowest BCUT2D eigenvalue weighted by Crippen LogP contribution is -2.52. The Bertz CT molecular complexity index is 524. The van der Waals surface area contributed by atoms with Gasteiger partial charge in [-0.15, -0.1) is 0 Å². The highest BCUT2D eigenvalue weighted by Gasteiger charge is 2.36. The molecule has 0 bridgehead atoms. The molecular formula is C11H15FN2O2S. The zero-order valence-corrected chi connectivity index (χ0v) is 10.4. The molecule has 0 unspecified atom stereocenters. The molecule has 1 aliphatic rings. The van der Waals surface area contributed by atoms with Crippen LogP contribution < -0.4 is 5.73 Å². The van der Waals surface area contributed by atoms with Crippen LogP contribution in [-0.2, 0) is 10.0 Å². The number of rotatable bonds is 3. The van der Waals surface area contributed by atoms with Gasteiger partial charge in [-0.05, 0) is 37.1 Å². The minimum absolute atomic E-state index is 0.0490. The van der Waals surface area contributed by atoms with Crippen LogP contribution in [0.25, 0.3) is 0 Å². The van der Waals surface area contributed by atoms with Crippen molar-refractivity contribution >= 4 is 10.0 Å². The Hall–Kier alpha value is -0.980. The minimum Gasteiger partial charge on any atom is -0.330 e. The summed E-state index contributed by atoms with van der Waals surface area (Å²) in [5.41, 5.74) is 6.01. The third-order valence-corrected chi connectivity index (χ3v) is 5.00. The van der Waals surface area contributed by atoms with Gasteiger partial charge in [0.2, 0.25) is 10.0 Å². The zero-order chi connectivity index (χ0) is 12.6. The first-order valence-electron chi connectivity index (χ1n) is 5.41. The van der Waals surface area contributed by atoms with Crippen molar-refractivity contribution in [3.63, 3.8) is 0 Å². The largest absolute Gasteiger partial charge is 0.330 e. The van der Waals surface area contributed by atoms with E-state index in [0.29, 0.717) is 25.2 Å². The summed E-state index contributed by atoms with van der Waals surface area (Å²) >= 11 is 0. The van der Waals surface area contributed by atoms with Crippen molar-refractivity contribution in [1.29, 1.82) is 0 Å². The summed E-state index contributed by atoms with van der Waals surface area (Å²) < 4.78 is 38.8. The fourth-order valence-electron chi connectivity index (χ4n) is 1.86. The van der Waals surface area contributed by atoms with E-state index >= 15 is 0 Å². The van der Waals surface area contributed by atoms with Gasteiger partial charge in [0.05, 0.1) is 4.90 Å². The van der Waals surface area contributed by atoms with Crippen LogP contribution >= 0.6 is 0 Å². The Kier molecular flexibility index (Phi) is 3.20. The number of hydrogen-bond donors (Lipinski definition) is 1. The maximum atomic E-state index is 13.1. The lowest BCUT2D eigenvalue weighted by molar-refractivity contribution is 0.207. The monoisotopic (exact) mass is 258 g/mol. The lowest BCUT2D eigenvalue weighted by atomic mass is 10.0. The van der Waals surface area contributed by atoms with Crippen molar-refractivity contribution in [3.8, 4) is 0 Å². The molecule has 0 saturated carbocycles. The summed E-state index contributed by atoms with van der Waals surface area (Å²) in [6.07, 6.45) is 0. The Balaban J connectivity index is 2.30. The van der Waals surface area contributed by atoms with Gasteiger partial charge in [0.25, 0.3) is 0 Å². The summed E-state index contributed by atoms with van der Waals surface area (Å²) in [6.45, 7) is 2.99. The number of hydrogen-bond acceptors (Lipinski definition) is 3. The highest BCUT2D eigenvalue weighted by molar-refractivity contribution is 7.89. The van der Waals surface area contributed by atoms with Gasteiger partial charge in [0, 0.05) is 13.1 Å². The summed E-state index contributed by atoms with van der Waals surface area (Å²) in [6, 6.07) is 3.80. The van der Waals surface area contributed by atoms with Crippen LogP contribution in [0.5, 0.6) is 0 Å². The van der Waals surface area contributed by atoms with E-state index in [1.165, 1.54) is 16.4 Å². The summed E-state index contributed by atoms with van der Waals surface area (Å²) in [5, 5.41) is 0. The van der Waals surface area contributed by atoms with Gasteiger partial charge in [0.15, 0.2) is 0 Å². The highest BCUT2D eigenvalue weighted by Crippen LogP contribution is 2.26. The number of benzene rings is 1. The average Bonchev–Trinajstić information content (AvgIpc) is 2.19. The molecule has 0 atom stereocenters. The second-order valence-corrected chi connectivity index (χ2v) is 6.24. The molecule has 17 heavy (non-hydrogen) atoms. The highest BCUT2D eigenvalue weighted by atomic mass is 32.2. The first-order valence-corrected chi connectivity index (χ1v) is 6.85. The molecule has 6 heteroatoms. The van der Waals surface area contributed by atoms with E-state index in [9.17, 15) is 12.8 Å². The molecule has 0 radical (unpaired) electrons. The molecule has 1 aromatic carbocycles.